The number of aromatic nitrogens is 4. The van der Waals surface area contributed by atoms with Crippen molar-refractivity contribution < 1.29 is 14.0 Å². The van der Waals surface area contributed by atoms with Crippen molar-refractivity contribution in [2.45, 2.75) is 32.7 Å². The maximum atomic E-state index is 14.4. The molecule has 2 aromatic heterocycles. The zero-order valence-corrected chi connectivity index (χ0v) is 18.4. The van der Waals surface area contributed by atoms with Gasteiger partial charge in [-0.15, -0.1) is 0 Å². The summed E-state index contributed by atoms with van der Waals surface area (Å²) in [6.45, 7) is 4.31. The van der Waals surface area contributed by atoms with Crippen molar-refractivity contribution in [1.29, 1.82) is 0 Å². The molecule has 4 aromatic rings. The Labute approximate surface area is 189 Å². The van der Waals surface area contributed by atoms with Crippen LogP contribution in [0.15, 0.2) is 42.5 Å². The second-order valence-electron chi connectivity index (χ2n) is 8.94. The molecule has 0 aliphatic carbocycles. The summed E-state index contributed by atoms with van der Waals surface area (Å²) in [6.07, 6.45) is 0.744. The molecule has 33 heavy (non-hydrogen) atoms. The second-order valence-corrected chi connectivity index (χ2v) is 8.94. The van der Waals surface area contributed by atoms with E-state index in [0.717, 1.165) is 11.0 Å². The van der Waals surface area contributed by atoms with Gasteiger partial charge in [-0.05, 0) is 36.6 Å². The highest BCUT2D eigenvalue weighted by molar-refractivity contribution is 6.05. The topological polar surface area (TPSA) is 107 Å². The monoisotopic (exact) mass is 448 g/mol. The van der Waals surface area contributed by atoms with E-state index in [1.165, 1.54) is 11.0 Å². The first-order chi connectivity index (χ1) is 15.9. The van der Waals surface area contributed by atoms with Crippen molar-refractivity contribution >= 4 is 39.6 Å². The SMILES string of the molecule is CC(C)C[C@H](NC(=O)[C@@H]1CC(=O)N(c2n[nH]c3cccc(F)c23)C1)c1nc2ccccc2[nH]1. The van der Waals surface area contributed by atoms with Gasteiger partial charge < -0.3 is 10.3 Å². The van der Waals surface area contributed by atoms with Crippen LogP contribution < -0.4 is 10.2 Å². The van der Waals surface area contributed by atoms with Gasteiger partial charge in [0.1, 0.15) is 11.6 Å². The van der Waals surface area contributed by atoms with Gasteiger partial charge in [0.15, 0.2) is 5.82 Å². The number of imidazole rings is 1. The Morgan fingerprint density at radius 2 is 2.00 bits per heavy atom. The zero-order chi connectivity index (χ0) is 23.1. The first-order valence-electron chi connectivity index (χ1n) is 11.1. The summed E-state index contributed by atoms with van der Waals surface area (Å²) in [4.78, 5) is 35.3. The number of hydrogen-bond donors (Lipinski definition) is 3. The molecular weight excluding hydrogens is 423 g/mol. The van der Waals surface area contributed by atoms with E-state index in [2.05, 4.69) is 39.3 Å². The molecule has 0 bridgehead atoms. The van der Waals surface area contributed by atoms with Gasteiger partial charge in [-0.25, -0.2) is 9.37 Å². The molecule has 0 saturated carbocycles. The number of hydrogen-bond acceptors (Lipinski definition) is 4. The number of rotatable bonds is 6. The number of anilines is 1. The van der Waals surface area contributed by atoms with Gasteiger partial charge in [-0.2, -0.15) is 5.10 Å². The number of benzene rings is 2. The number of halogens is 1. The zero-order valence-electron chi connectivity index (χ0n) is 18.4. The molecule has 1 aliphatic heterocycles. The average molecular weight is 449 g/mol. The van der Waals surface area contributed by atoms with E-state index in [1.807, 2.05) is 24.3 Å². The Morgan fingerprint density at radius 3 is 2.79 bits per heavy atom. The number of nitrogens with zero attached hydrogens (tertiary/aromatic N) is 3. The lowest BCUT2D eigenvalue weighted by Crippen LogP contribution is -2.36. The van der Waals surface area contributed by atoms with Gasteiger partial charge in [0.2, 0.25) is 11.8 Å². The van der Waals surface area contributed by atoms with Crippen LogP contribution in [0.3, 0.4) is 0 Å². The van der Waals surface area contributed by atoms with Gasteiger partial charge in [-0.3, -0.25) is 19.6 Å². The largest absolute Gasteiger partial charge is 0.346 e. The number of carbonyl (C=O) groups is 2. The van der Waals surface area contributed by atoms with E-state index in [9.17, 15) is 14.0 Å². The Hall–Kier alpha value is -3.75. The van der Waals surface area contributed by atoms with E-state index >= 15 is 0 Å². The molecule has 1 fully saturated rings. The molecule has 3 heterocycles. The highest BCUT2D eigenvalue weighted by atomic mass is 19.1. The molecule has 3 N–H and O–H groups in total. The van der Waals surface area contributed by atoms with E-state index in [-0.39, 0.29) is 42.0 Å². The molecule has 1 aliphatic rings. The van der Waals surface area contributed by atoms with Crippen molar-refractivity contribution in [1.82, 2.24) is 25.5 Å². The summed E-state index contributed by atoms with van der Waals surface area (Å²) >= 11 is 0. The van der Waals surface area contributed by atoms with Crippen molar-refractivity contribution in [3.63, 3.8) is 0 Å². The first kappa shape index (κ1) is 21.1. The fraction of sp³-hybridized carbons (Fsp3) is 0.333. The lowest BCUT2D eigenvalue weighted by molar-refractivity contribution is -0.127. The highest BCUT2D eigenvalue weighted by Crippen LogP contribution is 2.32. The molecule has 2 aromatic carbocycles. The van der Waals surface area contributed by atoms with Gasteiger partial charge in [0, 0.05) is 13.0 Å². The normalized spacial score (nSPS) is 17.4. The van der Waals surface area contributed by atoms with Crippen molar-refractivity contribution in [2.75, 3.05) is 11.4 Å². The molecule has 1 saturated heterocycles. The maximum Gasteiger partial charge on any atom is 0.229 e. The van der Waals surface area contributed by atoms with Crippen molar-refractivity contribution in [3.8, 4) is 0 Å². The third kappa shape index (κ3) is 3.94. The molecule has 170 valence electrons. The standard InChI is InChI=1S/C24H25FN6O2/c1-13(2)10-19(22-26-16-7-3-4-8-17(16)27-22)28-24(33)14-11-20(32)31(12-14)23-21-15(25)6-5-9-18(21)29-30-23/h3-9,13-14,19H,10-12H2,1-2H3,(H,26,27)(H,28,33)(H,29,30)/t14-,19+/m1/s1. The first-order valence-corrected chi connectivity index (χ1v) is 11.1. The van der Waals surface area contributed by atoms with Crippen LogP contribution in [-0.2, 0) is 9.59 Å². The van der Waals surface area contributed by atoms with Gasteiger partial charge in [0.05, 0.1) is 33.9 Å². The lowest BCUT2D eigenvalue weighted by Gasteiger charge is -2.21. The molecule has 5 rings (SSSR count). The third-order valence-corrected chi connectivity index (χ3v) is 6.03. The summed E-state index contributed by atoms with van der Waals surface area (Å²) in [5.41, 5.74) is 2.25. The molecule has 0 unspecified atom stereocenters. The van der Waals surface area contributed by atoms with Crippen LogP contribution >= 0.6 is 0 Å². The van der Waals surface area contributed by atoms with Gasteiger partial charge in [-0.1, -0.05) is 32.0 Å². The van der Waals surface area contributed by atoms with E-state index in [4.69, 9.17) is 0 Å². The summed E-state index contributed by atoms with van der Waals surface area (Å²) in [7, 11) is 0. The van der Waals surface area contributed by atoms with Crippen molar-refractivity contribution in [3.05, 3.63) is 54.1 Å². The van der Waals surface area contributed by atoms with Crippen LogP contribution in [-0.4, -0.2) is 38.5 Å². The molecular formula is C24H25FN6O2. The quantitative estimate of drug-likeness (QED) is 0.417. The van der Waals surface area contributed by atoms with Crippen molar-refractivity contribution in [2.24, 2.45) is 11.8 Å². The van der Waals surface area contributed by atoms with E-state index in [0.29, 0.717) is 23.7 Å². The highest BCUT2D eigenvalue weighted by Gasteiger charge is 2.38. The Morgan fingerprint density at radius 1 is 1.21 bits per heavy atom. The van der Waals surface area contributed by atoms with Crippen LogP contribution in [0.25, 0.3) is 21.9 Å². The number of amides is 2. The minimum atomic E-state index is -0.560. The predicted octanol–water partition coefficient (Wildman–Crippen LogP) is 3.83. The molecule has 2 atom stereocenters. The smallest absolute Gasteiger partial charge is 0.229 e. The van der Waals surface area contributed by atoms with Gasteiger partial charge >= 0.3 is 0 Å². The van der Waals surface area contributed by atoms with Crippen LogP contribution in [0.5, 0.6) is 0 Å². The van der Waals surface area contributed by atoms with Crippen LogP contribution in [0.4, 0.5) is 10.2 Å². The number of aromatic amines is 2. The number of fused-ring (bicyclic) bond motifs is 2. The molecule has 9 heteroatoms. The Bertz CT molecular complexity index is 1310. The molecule has 0 radical (unpaired) electrons. The fourth-order valence-corrected chi connectivity index (χ4v) is 4.43. The summed E-state index contributed by atoms with van der Waals surface area (Å²) < 4.78 is 14.4. The minimum absolute atomic E-state index is 0.0448. The van der Waals surface area contributed by atoms with Crippen LogP contribution in [0.2, 0.25) is 0 Å². The van der Waals surface area contributed by atoms with Gasteiger partial charge in [0.25, 0.3) is 0 Å². The van der Waals surface area contributed by atoms with Crippen LogP contribution in [0, 0.1) is 17.7 Å². The van der Waals surface area contributed by atoms with E-state index in [1.54, 1.807) is 12.1 Å². The second kappa shape index (κ2) is 8.31. The number of nitrogens with one attached hydrogen (secondary N) is 3. The van der Waals surface area contributed by atoms with Crippen LogP contribution in [0.1, 0.15) is 38.6 Å². The predicted molar refractivity (Wildman–Crippen MR) is 123 cm³/mol. The van der Waals surface area contributed by atoms with E-state index < -0.39 is 11.7 Å². The fourth-order valence-electron chi connectivity index (χ4n) is 4.43. The number of carbonyl (C=O) groups excluding carboxylic acids is 2. The number of H-pyrrole nitrogens is 2. The number of para-hydroxylation sites is 2. The molecule has 0 spiro atoms. The lowest BCUT2D eigenvalue weighted by atomic mass is 10.0. The summed E-state index contributed by atoms with van der Waals surface area (Å²) in [5, 5.41) is 10.3. The maximum absolute atomic E-state index is 14.4. The summed E-state index contributed by atoms with van der Waals surface area (Å²) in [5.74, 6) is -0.259. The molecule has 8 nitrogen and oxygen atoms in total. The summed E-state index contributed by atoms with van der Waals surface area (Å²) in [6, 6.07) is 12.0. The Kier molecular flexibility index (Phi) is 5.32. The molecule has 2 amide bonds. The third-order valence-electron chi connectivity index (χ3n) is 6.03. The minimum Gasteiger partial charge on any atom is -0.346 e. The Balaban J connectivity index is 1.36. The average Bonchev–Trinajstić information content (AvgIpc) is 3.49.